The van der Waals surface area contributed by atoms with Gasteiger partial charge in [0.2, 0.25) is 11.8 Å². The molecule has 5 heteroatoms. The maximum Gasteiger partial charge on any atom is 0.248 e. The molecule has 0 saturated heterocycles. The summed E-state index contributed by atoms with van der Waals surface area (Å²) in [5.41, 5.74) is 2.24. The van der Waals surface area contributed by atoms with Crippen LogP contribution in [-0.2, 0) is 4.79 Å². The van der Waals surface area contributed by atoms with E-state index in [1.54, 1.807) is 17.8 Å². The standard InChI is InChI=1S/C17H14N2O2S/c1-22-13-6-4-5-12(11-13)18-16(20)9-10-17-19-14-7-2-3-8-15(14)21-17/h2-11H,1H3,(H,18,20)/b10-9+. The Hall–Kier alpha value is -2.53. The van der Waals surface area contributed by atoms with Gasteiger partial charge in [0.15, 0.2) is 5.58 Å². The lowest BCUT2D eigenvalue weighted by molar-refractivity contribution is -0.111. The number of benzene rings is 2. The number of thioether (sulfide) groups is 1. The number of aromatic nitrogens is 1. The SMILES string of the molecule is CSc1cccc(NC(=O)/C=C/c2nc3ccccc3o2)c1. The molecule has 0 atom stereocenters. The summed E-state index contributed by atoms with van der Waals surface area (Å²) in [4.78, 5) is 17.3. The maximum absolute atomic E-state index is 11.9. The third-order valence-electron chi connectivity index (χ3n) is 3.02. The average molecular weight is 310 g/mol. The Bertz CT molecular complexity index is 806. The van der Waals surface area contributed by atoms with Gasteiger partial charge in [0.1, 0.15) is 5.52 Å². The second kappa shape index (κ2) is 6.49. The average Bonchev–Trinajstić information content (AvgIpc) is 2.96. The van der Waals surface area contributed by atoms with Crippen LogP contribution in [0.4, 0.5) is 5.69 Å². The third-order valence-corrected chi connectivity index (χ3v) is 3.75. The molecule has 0 aliphatic heterocycles. The van der Waals surface area contributed by atoms with Crippen LogP contribution in [0, 0.1) is 0 Å². The number of oxazole rings is 1. The molecule has 0 spiro atoms. The molecular formula is C17H14N2O2S. The van der Waals surface area contributed by atoms with Crippen LogP contribution < -0.4 is 5.32 Å². The molecule has 1 N–H and O–H groups in total. The minimum Gasteiger partial charge on any atom is -0.437 e. The van der Waals surface area contributed by atoms with Crippen LogP contribution in [0.25, 0.3) is 17.2 Å². The van der Waals surface area contributed by atoms with Crippen LogP contribution in [0.1, 0.15) is 5.89 Å². The van der Waals surface area contributed by atoms with Crippen molar-refractivity contribution in [2.24, 2.45) is 0 Å². The largest absolute Gasteiger partial charge is 0.437 e. The molecule has 3 aromatic rings. The summed E-state index contributed by atoms with van der Waals surface area (Å²) in [6.07, 6.45) is 4.97. The quantitative estimate of drug-likeness (QED) is 0.579. The van der Waals surface area contributed by atoms with Crippen molar-refractivity contribution in [2.75, 3.05) is 11.6 Å². The Morgan fingerprint density at radius 1 is 1.23 bits per heavy atom. The molecule has 0 aliphatic rings. The van der Waals surface area contributed by atoms with Gasteiger partial charge in [-0.2, -0.15) is 0 Å². The summed E-state index contributed by atoms with van der Waals surface area (Å²) in [5, 5.41) is 2.81. The molecule has 0 bridgehead atoms. The zero-order valence-corrected chi connectivity index (χ0v) is 12.8. The monoisotopic (exact) mass is 310 g/mol. The summed E-state index contributed by atoms with van der Waals surface area (Å²) < 4.78 is 5.52. The molecule has 4 nitrogen and oxygen atoms in total. The van der Waals surface area contributed by atoms with E-state index in [2.05, 4.69) is 10.3 Å². The molecule has 2 aromatic carbocycles. The molecule has 1 heterocycles. The number of fused-ring (bicyclic) bond motifs is 1. The highest BCUT2D eigenvalue weighted by molar-refractivity contribution is 7.98. The first-order valence-electron chi connectivity index (χ1n) is 6.73. The Kier molecular flexibility index (Phi) is 4.25. The van der Waals surface area contributed by atoms with E-state index in [1.807, 2.05) is 54.8 Å². The number of amides is 1. The number of carbonyl (C=O) groups is 1. The minimum absolute atomic E-state index is 0.222. The molecule has 0 fully saturated rings. The van der Waals surface area contributed by atoms with Crippen molar-refractivity contribution in [2.45, 2.75) is 4.90 Å². The van der Waals surface area contributed by atoms with E-state index in [1.165, 1.54) is 6.08 Å². The van der Waals surface area contributed by atoms with E-state index in [9.17, 15) is 4.79 Å². The van der Waals surface area contributed by atoms with Crippen LogP contribution in [0.15, 0.2) is 63.9 Å². The number of carbonyl (C=O) groups excluding carboxylic acids is 1. The fourth-order valence-corrected chi connectivity index (χ4v) is 2.45. The van der Waals surface area contributed by atoms with E-state index in [-0.39, 0.29) is 5.91 Å². The van der Waals surface area contributed by atoms with Gasteiger partial charge in [0.05, 0.1) is 0 Å². The van der Waals surface area contributed by atoms with Crippen molar-refractivity contribution < 1.29 is 9.21 Å². The molecule has 22 heavy (non-hydrogen) atoms. The van der Waals surface area contributed by atoms with E-state index in [0.717, 1.165) is 16.1 Å². The van der Waals surface area contributed by atoms with E-state index in [0.29, 0.717) is 11.5 Å². The Labute approximate surface area is 132 Å². The fraction of sp³-hybridized carbons (Fsp3) is 0.0588. The molecule has 0 saturated carbocycles. The summed E-state index contributed by atoms with van der Waals surface area (Å²) >= 11 is 1.63. The lowest BCUT2D eigenvalue weighted by atomic mass is 10.3. The first kappa shape index (κ1) is 14.4. The second-order valence-corrected chi connectivity index (χ2v) is 5.45. The number of nitrogens with zero attached hydrogens (tertiary/aromatic N) is 1. The van der Waals surface area contributed by atoms with Crippen LogP contribution >= 0.6 is 11.8 Å². The van der Waals surface area contributed by atoms with Gasteiger partial charge in [-0.15, -0.1) is 11.8 Å². The number of nitrogens with one attached hydrogen (secondary N) is 1. The van der Waals surface area contributed by atoms with E-state index >= 15 is 0 Å². The molecule has 0 radical (unpaired) electrons. The van der Waals surface area contributed by atoms with Crippen molar-refractivity contribution in [1.82, 2.24) is 4.98 Å². The highest BCUT2D eigenvalue weighted by atomic mass is 32.2. The summed E-state index contributed by atoms with van der Waals surface area (Å²) in [7, 11) is 0. The van der Waals surface area contributed by atoms with E-state index in [4.69, 9.17) is 4.42 Å². The van der Waals surface area contributed by atoms with Gasteiger partial charge in [0, 0.05) is 22.7 Å². The summed E-state index contributed by atoms with van der Waals surface area (Å²) in [6.45, 7) is 0. The van der Waals surface area contributed by atoms with Crippen LogP contribution in [0.3, 0.4) is 0 Å². The van der Waals surface area contributed by atoms with Crippen molar-refractivity contribution in [3.05, 3.63) is 60.5 Å². The summed E-state index contributed by atoms with van der Waals surface area (Å²) in [6, 6.07) is 15.2. The van der Waals surface area contributed by atoms with Crippen LogP contribution in [-0.4, -0.2) is 17.1 Å². The molecule has 0 unspecified atom stereocenters. The first-order valence-corrected chi connectivity index (χ1v) is 7.96. The predicted octanol–water partition coefficient (Wildman–Crippen LogP) is 4.20. The number of anilines is 1. The topological polar surface area (TPSA) is 55.1 Å². The normalized spacial score (nSPS) is 11.1. The van der Waals surface area contributed by atoms with Crippen molar-refractivity contribution in [3.8, 4) is 0 Å². The molecule has 1 aromatic heterocycles. The zero-order chi connectivity index (χ0) is 15.4. The Balaban J connectivity index is 1.70. The molecular weight excluding hydrogens is 296 g/mol. The zero-order valence-electron chi connectivity index (χ0n) is 11.9. The second-order valence-electron chi connectivity index (χ2n) is 4.57. The first-order chi connectivity index (χ1) is 10.7. The highest BCUT2D eigenvalue weighted by Crippen LogP contribution is 2.19. The number of hydrogen-bond donors (Lipinski definition) is 1. The van der Waals surface area contributed by atoms with Gasteiger partial charge in [-0.3, -0.25) is 4.79 Å². The van der Waals surface area contributed by atoms with Gasteiger partial charge < -0.3 is 9.73 Å². The molecule has 110 valence electrons. The fourth-order valence-electron chi connectivity index (χ4n) is 1.99. The summed E-state index contributed by atoms with van der Waals surface area (Å²) in [5.74, 6) is 0.190. The lowest BCUT2D eigenvalue weighted by Crippen LogP contribution is -2.07. The van der Waals surface area contributed by atoms with Crippen LogP contribution in [0.2, 0.25) is 0 Å². The lowest BCUT2D eigenvalue weighted by Gasteiger charge is -2.03. The molecule has 1 amide bonds. The van der Waals surface area contributed by atoms with E-state index < -0.39 is 0 Å². The van der Waals surface area contributed by atoms with Gasteiger partial charge in [-0.1, -0.05) is 18.2 Å². The molecule has 3 rings (SSSR count). The van der Waals surface area contributed by atoms with Gasteiger partial charge in [-0.05, 0) is 36.6 Å². The minimum atomic E-state index is -0.222. The number of rotatable bonds is 4. The van der Waals surface area contributed by atoms with Crippen LogP contribution in [0.5, 0.6) is 0 Å². The smallest absolute Gasteiger partial charge is 0.248 e. The Morgan fingerprint density at radius 3 is 2.91 bits per heavy atom. The van der Waals surface area contributed by atoms with Crippen molar-refractivity contribution >= 4 is 40.5 Å². The van der Waals surface area contributed by atoms with Crippen molar-refractivity contribution in [1.29, 1.82) is 0 Å². The van der Waals surface area contributed by atoms with Gasteiger partial charge in [-0.25, -0.2) is 4.98 Å². The van der Waals surface area contributed by atoms with Crippen molar-refractivity contribution in [3.63, 3.8) is 0 Å². The van der Waals surface area contributed by atoms with Gasteiger partial charge >= 0.3 is 0 Å². The third kappa shape index (κ3) is 3.38. The highest BCUT2D eigenvalue weighted by Gasteiger charge is 2.03. The number of hydrogen-bond acceptors (Lipinski definition) is 4. The molecule has 0 aliphatic carbocycles. The van der Waals surface area contributed by atoms with Gasteiger partial charge in [0.25, 0.3) is 0 Å². The predicted molar refractivity (Wildman–Crippen MR) is 89.9 cm³/mol. The Morgan fingerprint density at radius 2 is 2.09 bits per heavy atom. The number of para-hydroxylation sites is 2. The maximum atomic E-state index is 11.9.